The van der Waals surface area contributed by atoms with Crippen LogP contribution in [0, 0.1) is 0 Å². The number of phenols is 1. The van der Waals surface area contributed by atoms with E-state index in [1.165, 1.54) is 5.56 Å². The van der Waals surface area contributed by atoms with Crippen LogP contribution < -0.4 is 4.74 Å². The van der Waals surface area contributed by atoms with Crippen molar-refractivity contribution in [3.8, 4) is 11.5 Å². The van der Waals surface area contributed by atoms with Crippen LogP contribution in [0.5, 0.6) is 11.5 Å². The topological polar surface area (TPSA) is 83.8 Å². The van der Waals surface area contributed by atoms with Gasteiger partial charge in [0.15, 0.2) is 0 Å². The molecule has 2 N–H and O–H groups in total. The van der Waals surface area contributed by atoms with Crippen LogP contribution in [0.1, 0.15) is 128 Å². The largest absolute Gasteiger partial charge is 0.507 e. The number of esters is 1. The van der Waals surface area contributed by atoms with Gasteiger partial charge in [-0.25, -0.2) is 0 Å². The monoisotopic (exact) mass is 664 g/mol. The smallest absolute Gasteiger partial charge is 0.311 e. The molecule has 1 atom stereocenters. The van der Waals surface area contributed by atoms with Crippen molar-refractivity contribution in [3.05, 3.63) is 82.4 Å². The van der Waals surface area contributed by atoms with Crippen molar-refractivity contribution < 1.29 is 24.5 Å². The van der Waals surface area contributed by atoms with Gasteiger partial charge >= 0.3 is 11.9 Å². The second-order valence-electron chi connectivity index (χ2n) is 16.1. The first-order chi connectivity index (χ1) is 21.0. The van der Waals surface area contributed by atoms with Crippen LogP contribution in [-0.4, -0.2) is 22.2 Å². The summed E-state index contributed by atoms with van der Waals surface area (Å²) in [5.74, 6) is -0.690. The maximum absolute atomic E-state index is 12.8. The van der Waals surface area contributed by atoms with E-state index in [2.05, 4.69) is 132 Å². The Morgan fingerprint density at radius 2 is 1.04 bits per heavy atom. The quantitative estimate of drug-likeness (QED) is 0.102. The zero-order valence-electron chi connectivity index (χ0n) is 29.6. The molecule has 0 aliphatic carbocycles. The van der Waals surface area contributed by atoms with Gasteiger partial charge in [-0.2, -0.15) is 0 Å². The molecule has 0 aromatic heterocycles. The molecular formula is C39H52O5S2. The highest BCUT2D eigenvalue weighted by Crippen LogP contribution is 2.52. The predicted octanol–water partition coefficient (Wildman–Crippen LogP) is 10.9. The van der Waals surface area contributed by atoms with Gasteiger partial charge in [0.2, 0.25) is 0 Å². The molecule has 0 unspecified atom stereocenters. The van der Waals surface area contributed by atoms with Gasteiger partial charge in [0, 0.05) is 32.0 Å². The highest BCUT2D eigenvalue weighted by atomic mass is 32.2. The average Bonchev–Trinajstić information content (AvgIpc) is 2.91. The molecule has 0 radical (unpaired) electrons. The lowest BCUT2D eigenvalue weighted by Crippen LogP contribution is -2.22. The van der Waals surface area contributed by atoms with Gasteiger partial charge in [0.05, 0.1) is 17.4 Å². The number of aliphatic carboxylic acids is 1. The maximum Gasteiger partial charge on any atom is 0.311 e. The number of hydrogen-bond acceptors (Lipinski definition) is 6. The van der Waals surface area contributed by atoms with E-state index >= 15 is 0 Å². The molecular weight excluding hydrogens is 613 g/mol. The van der Waals surface area contributed by atoms with Crippen molar-refractivity contribution in [2.45, 2.75) is 132 Å². The van der Waals surface area contributed by atoms with Gasteiger partial charge in [0.25, 0.3) is 0 Å². The van der Waals surface area contributed by atoms with Crippen molar-refractivity contribution >= 4 is 35.5 Å². The van der Waals surface area contributed by atoms with Gasteiger partial charge in [-0.1, -0.05) is 113 Å². The summed E-state index contributed by atoms with van der Waals surface area (Å²) in [5.41, 5.74) is 3.64. The van der Waals surface area contributed by atoms with E-state index in [0.717, 1.165) is 32.0 Å². The van der Waals surface area contributed by atoms with Gasteiger partial charge in [-0.05, 0) is 51.5 Å². The number of carbonyl (C=O) groups excluding carboxylic acids is 1. The molecule has 0 heterocycles. The summed E-state index contributed by atoms with van der Waals surface area (Å²) in [7, 11) is 0. The van der Waals surface area contributed by atoms with Crippen molar-refractivity contribution in [3.63, 3.8) is 0 Å². The number of aromatic hydroxyl groups is 1. The first kappa shape index (κ1) is 37.6. The summed E-state index contributed by atoms with van der Waals surface area (Å²) < 4.78 is 5.96. The molecule has 46 heavy (non-hydrogen) atoms. The molecule has 3 aromatic rings. The molecule has 0 spiro atoms. The van der Waals surface area contributed by atoms with E-state index in [-0.39, 0.29) is 39.1 Å². The minimum absolute atomic E-state index is 0.0176. The Morgan fingerprint density at radius 1 is 0.652 bits per heavy atom. The van der Waals surface area contributed by atoms with E-state index < -0.39 is 11.9 Å². The molecule has 0 bridgehead atoms. The Morgan fingerprint density at radius 3 is 1.41 bits per heavy atom. The number of carbonyl (C=O) groups is 2. The third-order valence-electron chi connectivity index (χ3n) is 7.69. The SMILES string of the molecule is CC(C)(C)c1cc(S[C@@H](Sc2cc(C(C)(C)C)c(OC(=O)CCC(=O)O)c(C(C)(C)C)c2)c2ccccc2)cc(C(C)(C)C)c1O. The summed E-state index contributed by atoms with van der Waals surface area (Å²) in [6.07, 6.45) is -0.463. The van der Waals surface area contributed by atoms with Crippen LogP contribution in [0.15, 0.2) is 64.4 Å². The minimum Gasteiger partial charge on any atom is -0.507 e. The van der Waals surface area contributed by atoms with Gasteiger partial charge < -0.3 is 14.9 Å². The second kappa shape index (κ2) is 14.1. The number of benzene rings is 3. The third kappa shape index (κ3) is 9.80. The Kier molecular flexibility index (Phi) is 11.5. The molecule has 0 fully saturated rings. The maximum atomic E-state index is 12.8. The number of hydrogen-bond donors (Lipinski definition) is 2. The normalized spacial score (nSPS) is 13.4. The summed E-state index contributed by atoms with van der Waals surface area (Å²) in [4.78, 5) is 26.1. The molecule has 0 aliphatic heterocycles. The summed E-state index contributed by atoms with van der Waals surface area (Å²) >= 11 is 3.52. The summed E-state index contributed by atoms with van der Waals surface area (Å²) in [6, 6.07) is 18.9. The van der Waals surface area contributed by atoms with Crippen LogP contribution in [0.3, 0.4) is 0 Å². The fourth-order valence-electron chi connectivity index (χ4n) is 5.11. The highest BCUT2D eigenvalue weighted by Gasteiger charge is 2.31. The first-order valence-corrected chi connectivity index (χ1v) is 17.6. The Hall–Kier alpha value is -2.90. The molecule has 3 aromatic carbocycles. The number of carboxylic acid groups (broad SMARTS) is 1. The number of carboxylic acids is 1. The first-order valence-electron chi connectivity index (χ1n) is 15.9. The molecule has 5 nitrogen and oxygen atoms in total. The standard InChI is InChI=1S/C39H52O5S2/c1-36(2,3)27-20-25(21-28(33(27)43)37(4,5)6)45-35(24-16-14-13-15-17-24)46-26-22-29(38(7,8)9)34(30(23-26)39(10,11)12)44-32(42)19-18-31(40)41/h13-17,20-23,35,43H,18-19H2,1-12H3,(H,40,41)/t35-/m0/s1. The minimum atomic E-state index is -1.03. The van der Waals surface area contributed by atoms with E-state index in [4.69, 9.17) is 9.84 Å². The Balaban J connectivity index is 2.19. The number of thioether (sulfide) groups is 2. The van der Waals surface area contributed by atoms with E-state index in [1.54, 1.807) is 23.5 Å². The number of phenolic OH excluding ortho intramolecular Hbond substituents is 1. The Labute approximate surface area is 284 Å². The van der Waals surface area contributed by atoms with Gasteiger partial charge in [-0.3, -0.25) is 9.59 Å². The van der Waals surface area contributed by atoms with Crippen LogP contribution in [0.4, 0.5) is 0 Å². The van der Waals surface area contributed by atoms with Crippen LogP contribution >= 0.6 is 23.5 Å². The lowest BCUT2D eigenvalue weighted by atomic mass is 9.79. The van der Waals surface area contributed by atoms with Gasteiger partial charge in [0.1, 0.15) is 11.5 Å². The zero-order valence-corrected chi connectivity index (χ0v) is 31.3. The van der Waals surface area contributed by atoms with Crippen LogP contribution in [-0.2, 0) is 31.2 Å². The van der Waals surface area contributed by atoms with Crippen molar-refractivity contribution in [1.82, 2.24) is 0 Å². The average molecular weight is 665 g/mol. The molecule has 7 heteroatoms. The highest BCUT2D eigenvalue weighted by molar-refractivity contribution is 8.16. The fraction of sp³-hybridized carbons (Fsp3) is 0.487. The van der Waals surface area contributed by atoms with Gasteiger partial charge in [-0.15, -0.1) is 23.5 Å². The molecule has 250 valence electrons. The molecule has 0 saturated heterocycles. The van der Waals surface area contributed by atoms with E-state index in [9.17, 15) is 14.7 Å². The Bertz CT molecular complexity index is 1480. The fourth-order valence-corrected chi connectivity index (χ4v) is 7.79. The summed E-state index contributed by atoms with van der Waals surface area (Å²) in [6.45, 7) is 25.4. The molecule has 0 saturated carbocycles. The third-order valence-corrected chi connectivity index (χ3v) is 10.3. The lowest BCUT2D eigenvalue weighted by Gasteiger charge is -2.31. The molecule has 3 rings (SSSR count). The second-order valence-corrected chi connectivity index (χ2v) is 18.7. The lowest BCUT2D eigenvalue weighted by molar-refractivity contribution is -0.142. The summed E-state index contributed by atoms with van der Waals surface area (Å²) in [5, 5.41) is 20.5. The molecule has 0 aliphatic rings. The van der Waals surface area contributed by atoms with Crippen molar-refractivity contribution in [2.24, 2.45) is 0 Å². The number of ether oxygens (including phenoxy) is 1. The van der Waals surface area contributed by atoms with Crippen molar-refractivity contribution in [1.29, 1.82) is 0 Å². The van der Waals surface area contributed by atoms with E-state index in [1.807, 2.05) is 6.07 Å². The predicted molar refractivity (Wildman–Crippen MR) is 193 cm³/mol. The zero-order chi connectivity index (χ0) is 34.8. The van der Waals surface area contributed by atoms with Crippen LogP contribution in [0.2, 0.25) is 0 Å². The van der Waals surface area contributed by atoms with E-state index in [0.29, 0.717) is 11.5 Å². The van der Waals surface area contributed by atoms with Crippen molar-refractivity contribution in [2.75, 3.05) is 0 Å². The van der Waals surface area contributed by atoms with Crippen LogP contribution in [0.25, 0.3) is 0 Å². The molecule has 0 amide bonds. The number of rotatable bonds is 9.